The molecule has 0 atom stereocenters. The van der Waals surface area contributed by atoms with Gasteiger partial charge in [-0.15, -0.1) is 11.3 Å². The lowest BCUT2D eigenvalue weighted by Crippen LogP contribution is -2.18. The molecule has 0 saturated heterocycles. The maximum Gasteiger partial charge on any atom is 0.341 e. The highest BCUT2D eigenvalue weighted by molar-refractivity contribution is 7.91. The second kappa shape index (κ2) is 9.34. The zero-order valence-corrected chi connectivity index (χ0v) is 18.1. The van der Waals surface area contributed by atoms with E-state index in [4.69, 9.17) is 4.74 Å². The van der Waals surface area contributed by atoms with Crippen molar-refractivity contribution in [1.29, 1.82) is 0 Å². The summed E-state index contributed by atoms with van der Waals surface area (Å²) in [6.45, 7) is 5.94. The Labute approximate surface area is 169 Å². The van der Waals surface area contributed by atoms with E-state index >= 15 is 0 Å². The Kier molecular flexibility index (Phi) is 7.37. The van der Waals surface area contributed by atoms with Gasteiger partial charge in [-0.2, -0.15) is 0 Å². The molecule has 1 N–H and O–H groups in total. The fourth-order valence-electron chi connectivity index (χ4n) is 2.68. The molecule has 0 aliphatic heterocycles. The van der Waals surface area contributed by atoms with Crippen LogP contribution in [0.1, 0.15) is 41.8 Å². The predicted molar refractivity (Wildman–Crippen MR) is 111 cm³/mol. The molecule has 0 unspecified atom stereocenters. The van der Waals surface area contributed by atoms with Gasteiger partial charge < -0.3 is 10.1 Å². The minimum atomic E-state index is -3.56. The molecule has 0 saturated carbocycles. The molecule has 1 aromatic heterocycles. The number of ether oxygens (including phenoxy) is 1. The number of aryl methyl sites for hydroxylation is 1. The van der Waals surface area contributed by atoms with Crippen LogP contribution in [0.15, 0.2) is 34.5 Å². The van der Waals surface area contributed by atoms with E-state index in [1.165, 1.54) is 30.6 Å². The first-order valence-electron chi connectivity index (χ1n) is 8.92. The minimum absolute atomic E-state index is 0.191. The zero-order valence-electron chi connectivity index (χ0n) is 16.4. The summed E-state index contributed by atoms with van der Waals surface area (Å²) in [5.74, 6) is -0.945. The van der Waals surface area contributed by atoms with Crippen LogP contribution in [-0.2, 0) is 25.8 Å². The average Bonchev–Trinajstić information content (AvgIpc) is 3.01. The minimum Gasteiger partial charge on any atom is -0.465 e. The Hall–Kier alpha value is -2.19. The van der Waals surface area contributed by atoms with Gasteiger partial charge in [-0.05, 0) is 42.3 Å². The van der Waals surface area contributed by atoms with Gasteiger partial charge in [0.25, 0.3) is 0 Å². The molecule has 152 valence electrons. The van der Waals surface area contributed by atoms with Crippen LogP contribution >= 0.6 is 11.3 Å². The van der Waals surface area contributed by atoms with Crippen molar-refractivity contribution in [2.24, 2.45) is 5.92 Å². The van der Waals surface area contributed by atoms with E-state index in [-0.39, 0.29) is 17.1 Å². The Balaban J connectivity index is 2.09. The van der Waals surface area contributed by atoms with Gasteiger partial charge in [0, 0.05) is 6.42 Å². The highest BCUT2D eigenvalue weighted by Gasteiger charge is 2.23. The molecule has 2 aromatic rings. The van der Waals surface area contributed by atoms with Crippen LogP contribution < -0.4 is 5.32 Å². The van der Waals surface area contributed by atoms with Crippen LogP contribution in [0, 0.1) is 12.8 Å². The third-order valence-electron chi connectivity index (χ3n) is 4.12. The molecule has 0 fully saturated rings. The summed E-state index contributed by atoms with van der Waals surface area (Å²) >= 11 is 1.24. The van der Waals surface area contributed by atoms with Crippen molar-refractivity contribution in [3.8, 4) is 0 Å². The quantitative estimate of drug-likeness (QED) is 0.652. The third kappa shape index (κ3) is 5.65. The van der Waals surface area contributed by atoms with Crippen molar-refractivity contribution in [3.63, 3.8) is 0 Å². The van der Waals surface area contributed by atoms with Crippen LogP contribution in [-0.4, -0.2) is 33.2 Å². The first kappa shape index (κ1) is 22.1. The molecule has 0 spiro atoms. The highest BCUT2D eigenvalue weighted by Crippen LogP contribution is 2.31. The number of thiophene rings is 1. The fraction of sp³-hybridized carbons (Fsp3) is 0.400. The van der Waals surface area contributed by atoms with Gasteiger partial charge >= 0.3 is 5.97 Å². The van der Waals surface area contributed by atoms with Gasteiger partial charge in [0.05, 0.1) is 23.3 Å². The summed E-state index contributed by atoms with van der Waals surface area (Å²) in [6.07, 6.45) is 0.479. The number of esters is 1. The number of rotatable bonds is 8. The first-order chi connectivity index (χ1) is 13.1. The number of carbonyl (C=O) groups is 2. The molecule has 8 heteroatoms. The molecular weight excluding hydrogens is 398 g/mol. The molecule has 6 nitrogen and oxygen atoms in total. The summed E-state index contributed by atoms with van der Waals surface area (Å²) in [5, 5.41) is 4.88. The lowest BCUT2D eigenvalue weighted by atomic mass is 10.0. The second-order valence-corrected chi connectivity index (χ2v) is 9.97. The van der Waals surface area contributed by atoms with Gasteiger partial charge in [-0.3, -0.25) is 4.79 Å². The Morgan fingerprint density at radius 3 is 2.39 bits per heavy atom. The number of amides is 1. The van der Waals surface area contributed by atoms with Crippen molar-refractivity contribution in [1.82, 2.24) is 0 Å². The van der Waals surface area contributed by atoms with E-state index in [2.05, 4.69) is 5.32 Å². The molecule has 0 aliphatic rings. The van der Waals surface area contributed by atoms with Crippen LogP contribution in [0.4, 0.5) is 5.00 Å². The van der Waals surface area contributed by atoms with Gasteiger partial charge in [0.15, 0.2) is 9.84 Å². The summed E-state index contributed by atoms with van der Waals surface area (Å²) < 4.78 is 29.6. The Morgan fingerprint density at radius 1 is 1.18 bits per heavy atom. The van der Waals surface area contributed by atoms with Crippen molar-refractivity contribution < 1.29 is 22.7 Å². The van der Waals surface area contributed by atoms with Gasteiger partial charge in [-0.25, -0.2) is 13.2 Å². The third-order valence-corrected chi connectivity index (χ3v) is 6.79. The smallest absolute Gasteiger partial charge is 0.341 e. The number of hydrogen-bond donors (Lipinski definition) is 1. The Bertz CT molecular complexity index is 943. The monoisotopic (exact) mass is 423 g/mol. The SMILES string of the molecule is COC(=O)c1c(CC(C)C)csc1NC(=O)CCS(=O)(=O)c1ccc(C)cc1. The van der Waals surface area contributed by atoms with Crippen LogP contribution in [0.5, 0.6) is 0 Å². The van der Waals surface area contributed by atoms with E-state index in [9.17, 15) is 18.0 Å². The van der Waals surface area contributed by atoms with Crippen molar-refractivity contribution in [2.45, 2.75) is 38.5 Å². The van der Waals surface area contributed by atoms with Crippen LogP contribution in [0.25, 0.3) is 0 Å². The average molecular weight is 424 g/mol. The summed E-state index contributed by atoms with van der Waals surface area (Å²) in [6, 6.07) is 6.51. The lowest BCUT2D eigenvalue weighted by molar-refractivity contribution is -0.115. The predicted octanol–water partition coefficient (Wildman–Crippen LogP) is 3.84. The van der Waals surface area contributed by atoms with Crippen molar-refractivity contribution >= 4 is 38.1 Å². The number of methoxy groups -OCH3 is 1. The van der Waals surface area contributed by atoms with Gasteiger partial charge in [0.2, 0.25) is 5.91 Å². The number of sulfone groups is 1. The molecule has 1 amide bonds. The van der Waals surface area contributed by atoms with E-state index < -0.39 is 21.7 Å². The van der Waals surface area contributed by atoms with E-state index in [1.54, 1.807) is 12.1 Å². The molecule has 1 aromatic carbocycles. The maximum atomic E-state index is 12.4. The molecule has 28 heavy (non-hydrogen) atoms. The van der Waals surface area contributed by atoms with E-state index in [0.717, 1.165) is 11.1 Å². The second-order valence-electron chi connectivity index (χ2n) is 6.98. The van der Waals surface area contributed by atoms with Crippen LogP contribution in [0.3, 0.4) is 0 Å². The number of benzene rings is 1. The zero-order chi connectivity index (χ0) is 20.9. The largest absolute Gasteiger partial charge is 0.465 e. The lowest BCUT2D eigenvalue weighted by Gasteiger charge is -2.09. The molecule has 1 heterocycles. The van der Waals surface area contributed by atoms with E-state index in [1.807, 2.05) is 26.2 Å². The molecule has 0 aliphatic carbocycles. The highest BCUT2D eigenvalue weighted by atomic mass is 32.2. The standard InChI is InChI=1S/C20H25NO5S2/c1-13(2)11-15-12-27-19(18(15)20(23)26-4)21-17(22)9-10-28(24,25)16-7-5-14(3)6-8-16/h5-8,12-13H,9-11H2,1-4H3,(H,21,22). The normalized spacial score (nSPS) is 11.5. The first-order valence-corrected chi connectivity index (χ1v) is 11.4. The van der Waals surface area contributed by atoms with Crippen molar-refractivity contribution in [2.75, 3.05) is 18.2 Å². The summed E-state index contributed by atoms with van der Waals surface area (Å²) in [5.41, 5.74) is 2.12. The molecule has 0 radical (unpaired) electrons. The van der Waals surface area contributed by atoms with E-state index in [0.29, 0.717) is 22.9 Å². The topological polar surface area (TPSA) is 89.5 Å². The fourth-order valence-corrected chi connectivity index (χ4v) is 4.90. The summed E-state index contributed by atoms with van der Waals surface area (Å²) in [7, 11) is -2.26. The summed E-state index contributed by atoms with van der Waals surface area (Å²) in [4.78, 5) is 24.7. The molecule has 2 rings (SSSR count). The number of anilines is 1. The number of nitrogens with one attached hydrogen (secondary N) is 1. The number of carbonyl (C=O) groups excluding carboxylic acids is 2. The Morgan fingerprint density at radius 2 is 1.82 bits per heavy atom. The van der Waals surface area contributed by atoms with Gasteiger partial charge in [-0.1, -0.05) is 31.5 Å². The molecule has 0 bridgehead atoms. The molecular formula is C20H25NO5S2. The number of hydrogen-bond acceptors (Lipinski definition) is 6. The van der Waals surface area contributed by atoms with Crippen molar-refractivity contribution in [3.05, 3.63) is 46.3 Å². The van der Waals surface area contributed by atoms with Gasteiger partial charge in [0.1, 0.15) is 5.00 Å². The maximum absolute atomic E-state index is 12.4. The van der Waals surface area contributed by atoms with Crippen LogP contribution in [0.2, 0.25) is 0 Å².